The third kappa shape index (κ3) is 1.75. The normalized spacial score (nSPS) is 17.1. The second-order valence-electron chi connectivity index (χ2n) is 3.86. The molecule has 0 fully saturated rings. The van der Waals surface area contributed by atoms with Crippen LogP contribution >= 0.6 is 0 Å². The maximum Gasteiger partial charge on any atom is 0.162 e. The molecule has 18 heavy (non-hydrogen) atoms. The average Bonchev–Trinajstić information content (AvgIpc) is 2.78. The molecule has 0 amide bonds. The van der Waals surface area contributed by atoms with Gasteiger partial charge in [0.1, 0.15) is 12.7 Å². The van der Waals surface area contributed by atoms with Gasteiger partial charge >= 0.3 is 0 Å². The van der Waals surface area contributed by atoms with Crippen molar-refractivity contribution in [1.29, 1.82) is 0 Å². The van der Waals surface area contributed by atoms with Crippen molar-refractivity contribution >= 4 is 17.8 Å². The molecule has 0 saturated heterocycles. The largest absolute Gasteiger partial charge is 0.355 e. The molecule has 0 radical (unpaired) electrons. The van der Waals surface area contributed by atoms with Gasteiger partial charge in [0.15, 0.2) is 18.3 Å². The lowest BCUT2D eigenvalue weighted by Crippen LogP contribution is -2.36. The topological polar surface area (TPSA) is 83.9 Å². The number of carbonyl (C=O) groups is 1. The van der Waals surface area contributed by atoms with Crippen molar-refractivity contribution < 1.29 is 4.79 Å². The minimum atomic E-state index is -0.433. The summed E-state index contributed by atoms with van der Waals surface area (Å²) in [7, 11) is 0. The van der Waals surface area contributed by atoms with E-state index >= 15 is 0 Å². The number of aldehydes is 1. The van der Waals surface area contributed by atoms with Gasteiger partial charge in [0, 0.05) is 24.5 Å². The van der Waals surface area contributed by atoms with E-state index in [-0.39, 0.29) is 0 Å². The molecule has 0 saturated carbocycles. The highest BCUT2D eigenvalue weighted by molar-refractivity contribution is 5.81. The number of hydrogen-bond acceptors (Lipinski definition) is 7. The average molecular weight is 242 g/mol. The van der Waals surface area contributed by atoms with Gasteiger partial charge in [-0.25, -0.2) is 19.9 Å². The summed E-state index contributed by atoms with van der Waals surface area (Å²) in [5.74, 6) is 0.714. The Kier molecular flexibility index (Phi) is 2.56. The lowest BCUT2D eigenvalue weighted by atomic mass is 10.3. The monoisotopic (exact) mass is 242 g/mol. The van der Waals surface area contributed by atoms with E-state index in [4.69, 9.17) is 0 Å². The smallest absolute Gasteiger partial charge is 0.162 e. The number of hydrogen-bond donors (Lipinski definition) is 1. The van der Waals surface area contributed by atoms with Gasteiger partial charge in [-0.1, -0.05) is 0 Å². The van der Waals surface area contributed by atoms with Crippen LogP contribution in [0, 0.1) is 0 Å². The van der Waals surface area contributed by atoms with Crippen molar-refractivity contribution in [2.24, 2.45) is 0 Å². The second kappa shape index (κ2) is 4.36. The number of nitrogens with zero attached hydrogens (tertiary/aromatic N) is 5. The van der Waals surface area contributed by atoms with Gasteiger partial charge < -0.3 is 10.2 Å². The van der Waals surface area contributed by atoms with Crippen LogP contribution in [0.25, 0.3) is 0 Å². The molecule has 1 aliphatic heterocycles. The first-order chi connectivity index (χ1) is 8.88. The summed E-state index contributed by atoms with van der Waals surface area (Å²) in [4.78, 5) is 29.0. The molecule has 7 nitrogen and oxygen atoms in total. The summed E-state index contributed by atoms with van der Waals surface area (Å²) in [6.07, 6.45) is 8.42. The third-order valence-electron chi connectivity index (χ3n) is 2.70. The molecule has 0 bridgehead atoms. The van der Waals surface area contributed by atoms with Crippen molar-refractivity contribution in [3.63, 3.8) is 0 Å². The molecule has 1 atom stereocenters. The Labute approximate surface area is 103 Å². The predicted molar refractivity (Wildman–Crippen MR) is 63.7 cm³/mol. The molecule has 1 unspecified atom stereocenters. The Bertz CT molecular complexity index is 560. The fourth-order valence-electron chi connectivity index (χ4n) is 1.91. The van der Waals surface area contributed by atoms with Crippen LogP contribution in [0.4, 0.5) is 11.5 Å². The molecule has 3 heterocycles. The van der Waals surface area contributed by atoms with Crippen LogP contribution in [0.2, 0.25) is 0 Å². The van der Waals surface area contributed by atoms with E-state index in [1.165, 1.54) is 12.7 Å². The van der Waals surface area contributed by atoms with Crippen molar-refractivity contribution in [2.45, 2.75) is 12.7 Å². The highest BCUT2D eigenvalue weighted by Crippen LogP contribution is 2.31. The van der Waals surface area contributed by atoms with Crippen LogP contribution in [0.3, 0.4) is 0 Å². The van der Waals surface area contributed by atoms with Gasteiger partial charge in [-0.15, -0.1) is 0 Å². The first kappa shape index (κ1) is 10.6. The molecule has 0 aliphatic carbocycles. The van der Waals surface area contributed by atoms with Gasteiger partial charge in [-0.05, 0) is 0 Å². The standard InChI is InChI=1S/C11H10N6O/c18-5-10-16-9-3-14-7-15-11(9)17(10)4-8-1-12-6-13-2-8/h1-3,5-7,10,16H,4H2. The van der Waals surface area contributed by atoms with Crippen molar-refractivity contribution in [2.75, 3.05) is 10.2 Å². The summed E-state index contributed by atoms with van der Waals surface area (Å²) < 4.78 is 0. The van der Waals surface area contributed by atoms with Gasteiger partial charge in [0.25, 0.3) is 0 Å². The Morgan fingerprint density at radius 3 is 2.78 bits per heavy atom. The number of nitrogens with one attached hydrogen (secondary N) is 1. The van der Waals surface area contributed by atoms with Gasteiger partial charge in [0.05, 0.1) is 11.9 Å². The zero-order valence-corrected chi connectivity index (χ0v) is 9.39. The predicted octanol–water partition coefficient (Wildman–Crippen LogP) is 0.224. The van der Waals surface area contributed by atoms with E-state index in [9.17, 15) is 4.79 Å². The summed E-state index contributed by atoms with van der Waals surface area (Å²) in [6.45, 7) is 0.515. The lowest BCUT2D eigenvalue weighted by Gasteiger charge is -2.21. The minimum Gasteiger partial charge on any atom is -0.355 e. The van der Waals surface area contributed by atoms with Crippen LogP contribution < -0.4 is 10.2 Å². The zero-order valence-electron chi connectivity index (χ0n) is 9.39. The van der Waals surface area contributed by atoms with E-state index in [0.717, 1.165) is 17.5 Å². The fraction of sp³-hybridized carbons (Fsp3) is 0.182. The van der Waals surface area contributed by atoms with Crippen LogP contribution in [0.1, 0.15) is 5.56 Å². The molecule has 2 aromatic heterocycles. The van der Waals surface area contributed by atoms with E-state index in [1.54, 1.807) is 18.6 Å². The van der Waals surface area contributed by atoms with Crippen molar-refractivity contribution in [3.8, 4) is 0 Å². The summed E-state index contributed by atoms with van der Waals surface area (Å²) in [5.41, 5.74) is 1.67. The number of anilines is 2. The van der Waals surface area contributed by atoms with Crippen LogP contribution in [0.5, 0.6) is 0 Å². The van der Waals surface area contributed by atoms with Crippen molar-refractivity contribution in [3.05, 3.63) is 36.8 Å². The molecule has 3 rings (SSSR count). The molecule has 0 spiro atoms. The van der Waals surface area contributed by atoms with Crippen molar-refractivity contribution in [1.82, 2.24) is 19.9 Å². The number of carbonyl (C=O) groups excluding carboxylic acids is 1. The molecule has 90 valence electrons. The fourth-order valence-corrected chi connectivity index (χ4v) is 1.91. The zero-order chi connectivity index (χ0) is 12.4. The van der Waals surface area contributed by atoms with E-state index < -0.39 is 6.17 Å². The van der Waals surface area contributed by atoms with Gasteiger partial charge in [-0.2, -0.15) is 0 Å². The highest BCUT2D eigenvalue weighted by Gasteiger charge is 2.29. The maximum absolute atomic E-state index is 11.1. The molecule has 7 heteroatoms. The minimum absolute atomic E-state index is 0.433. The van der Waals surface area contributed by atoms with Gasteiger partial charge in [-0.3, -0.25) is 4.79 Å². The molecule has 1 N–H and O–H groups in total. The van der Waals surface area contributed by atoms with E-state index in [1.807, 2.05) is 4.90 Å². The number of rotatable bonds is 3. The second-order valence-corrected chi connectivity index (χ2v) is 3.86. The van der Waals surface area contributed by atoms with Crippen LogP contribution in [-0.4, -0.2) is 32.4 Å². The first-order valence-electron chi connectivity index (χ1n) is 5.41. The molecule has 0 aromatic carbocycles. The van der Waals surface area contributed by atoms with E-state index in [2.05, 4.69) is 25.3 Å². The Balaban J connectivity index is 1.92. The Morgan fingerprint density at radius 1 is 1.22 bits per heavy atom. The number of fused-ring (bicyclic) bond motifs is 1. The molecule has 2 aromatic rings. The maximum atomic E-state index is 11.1. The summed E-state index contributed by atoms with van der Waals surface area (Å²) in [5, 5.41) is 3.05. The number of aromatic nitrogens is 4. The third-order valence-corrected chi connectivity index (χ3v) is 2.70. The molecular formula is C11H10N6O. The Morgan fingerprint density at radius 2 is 2.00 bits per heavy atom. The van der Waals surface area contributed by atoms with Gasteiger partial charge in [0.2, 0.25) is 0 Å². The van der Waals surface area contributed by atoms with E-state index in [0.29, 0.717) is 12.4 Å². The quantitative estimate of drug-likeness (QED) is 0.771. The van der Waals surface area contributed by atoms with Crippen LogP contribution in [-0.2, 0) is 11.3 Å². The highest BCUT2D eigenvalue weighted by atomic mass is 16.1. The molecule has 1 aliphatic rings. The molecular weight excluding hydrogens is 232 g/mol. The lowest BCUT2D eigenvalue weighted by molar-refractivity contribution is -0.108. The van der Waals surface area contributed by atoms with Crippen LogP contribution in [0.15, 0.2) is 31.2 Å². The first-order valence-corrected chi connectivity index (χ1v) is 5.41. The Hall–Kier alpha value is -2.57. The SMILES string of the molecule is O=CC1Nc2cncnc2N1Cc1cncnc1. The summed E-state index contributed by atoms with van der Waals surface area (Å²) in [6, 6.07) is 0. The summed E-state index contributed by atoms with van der Waals surface area (Å²) >= 11 is 0.